The van der Waals surface area contributed by atoms with Crippen molar-refractivity contribution in [2.45, 2.75) is 59.5 Å². The molecule has 2 amide bonds. The van der Waals surface area contributed by atoms with Crippen molar-refractivity contribution in [3.05, 3.63) is 17.0 Å². The quantitative estimate of drug-likeness (QED) is 0.920. The van der Waals surface area contributed by atoms with Crippen LogP contribution in [0.5, 0.6) is 0 Å². The highest BCUT2D eigenvalue weighted by Crippen LogP contribution is 2.14. The van der Waals surface area contributed by atoms with Crippen molar-refractivity contribution >= 4 is 11.8 Å². The number of piperidine rings is 1. The van der Waals surface area contributed by atoms with Crippen molar-refractivity contribution in [2.24, 2.45) is 0 Å². The van der Waals surface area contributed by atoms with Gasteiger partial charge in [0, 0.05) is 25.3 Å². The van der Waals surface area contributed by atoms with Gasteiger partial charge >= 0.3 is 0 Å². The van der Waals surface area contributed by atoms with Gasteiger partial charge in [-0.15, -0.1) is 0 Å². The zero-order valence-corrected chi connectivity index (χ0v) is 14.0. The Bertz CT molecular complexity index is 559. The summed E-state index contributed by atoms with van der Waals surface area (Å²) in [7, 11) is 0. The van der Waals surface area contributed by atoms with E-state index in [2.05, 4.69) is 10.4 Å². The van der Waals surface area contributed by atoms with Gasteiger partial charge < -0.3 is 10.2 Å². The number of carbonyl (C=O) groups excluding carboxylic acids is 2. The van der Waals surface area contributed by atoms with Crippen molar-refractivity contribution in [2.75, 3.05) is 13.1 Å². The van der Waals surface area contributed by atoms with E-state index in [1.165, 1.54) is 6.42 Å². The van der Waals surface area contributed by atoms with Crippen LogP contribution in [0.4, 0.5) is 0 Å². The second kappa shape index (κ2) is 6.94. The monoisotopic (exact) mass is 306 g/mol. The first-order valence-corrected chi connectivity index (χ1v) is 8.09. The Balaban J connectivity index is 2.05. The predicted octanol–water partition coefficient (Wildman–Crippen LogP) is 1.65. The number of nitrogens with one attached hydrogen (secondary N) is 1. The fourth-order valence-corrected chi connectivity index (χ4v) is 3.05. The highest BCUT2D eigenvalue weighted by Gasteiger charge is 2.26. The van der Waals surface area contributed by atoms with Gasteiger partial charge in [-0.2, -0.15) is 5.10 Å². The first-order chi connectivity index (χ1) is 10.5. The summed E-state index contributed by atoms with van der Waals surface area (Å²) >= 11 is 0. The minimum Gasteiger partial charge on any atom is -0.341 e. The van der Waals surface area contributed by atoms with Gasteiger partial charge in [-0.25, -0.2) is 0 Å². The fraction of sp³-hybridized carbons (Fsp3) is 0.688. The number of rotatable bonds is 4. The fourth-order valence-electron chi connectivity index (χ4n) is 3.05. The first-order valence-electron chi connectivity index (χ1n) is 8.09. The Labute approximate surface area is 131 Å². The molecule has 1 aromatic heterocycles. The Hall–Kier alpha value is -1.85. The maximum absolute atomic E-state index is 12.5. The van der Waals surface area contributed by atoms with Crippen molar-refractivity contribution in [1.82, 2.24) is 20.0 Å². The Morgan fingerprint density at radius 2 is 1.86 bits per heavy atom. The molecule has 0 spiro atoms. The molecule has 1 N–H and O–H groups in total. The van der Waals surface area contributed by atoms with Crippen molar-refractivity contribution in [1.29, 1.82) is 0 Å². The van der Waals surface area contributed by atoms with Crippen LogP contribution in [-0.4, -0.2) is 45.6 Å². The van der Waals surface area contributed by atoms with Gasteiger partial charge in [0.05, 0.1) is 11.3 Å². The van der Waals surface area contributed by atoms with Gasteiger partial charge in [0.15, 0.2) is 0 Å². The van der Waals surface area contributed by atoms with E-state index < -0.39 is 6.04 Å². The number of aromatic nitrogens is 2. The summed E-state index contributed by atoms with van der Waals surface area (Å²) in [5.74, 6) is -0.209. The molecule has 1 atom stereocenters. The molecule has 1 saturated heterocycles. The summed E-state index contributed by atoms with van der Waals surface area (Å²) in [4.78, 5) is 26.7. The number of hydrogen-bond donors (Lipinski definition) is 1. The molecule has 6 nitrogen and oxygen atoms in total. The van der Waals surface area contributed by atoms with Crippen LogP contribution < -0.4 is 5.32 Å². The maximum Gasteiger partial charge on any atom is 0.255 e. The number of likely N-dealkylation sites (tertiary alicyclic amines) is 1. The van der Waals surface area contributed by atoms with E-state index in [0.717, 1.165) is 38.2 Å². The summed E-state index contributed by atoms with van der Waals surface area (Å²) < 4.78 is 1.81. The molecule has 2 heterocycles. The Kier molecular flexibility index (Phi) is 5.21. The smallest absolute Gasteiger partial charge is 0.255 e. The van der Waals surface area contributed by atoms with Crippen LogP contribution in [0.15, 0.2) is 0 Å². The van der Waals surface area contributed by atoms with Crippen molar-refractivity contribution in [3.63, 3.8) is 0 Å². The lowest BCUT2D eigenvalue weighted by Gasteiger charge is -2.29. The standard InChI is InChI=1S/C16H26N4O2/c1-5-20-13(4)14(11(2)18-20)15(21)17-12(3)16(22)19-9-7-6-8-10-19/h12H,5-10H2,1-4H3,(H,17,21). The van der Waals surface area contributed by atoms with E-state index in [1.807, 2.05) is 25.7 Å². The molecular weight excluding hydrogens is 280 g/mol. The van der Waals surface area contributed by atoms with Crippen LogP contribution in [0, 0.1) is 13.8 Å². The summed E-state index contributed by atoms with van der Waals surface area (Å²) in [6.07, 6.45) is 3.28. The predicted molar refractivity (Wildman–Crippen MR) is 84.7 cm³/mol. The van der Waals surface area contributed by atoms with Gasteiger partial charge in [0.2, 0.25) is 5.91 Å². The van der Waals surface area contributed by atoms with Crippen LogP contribution in [0.3, 0.4) is 0 Å². The molecular formula is C16H26N4O2. The van der Waals surface area contributed by atoms with E-state index in [1.54, 1.807) is 11.6 Å². The molecule has 0 aromatic carbocycles. The van der Waals surface area contributed by atoms with Crippen LogP contribution >= 0.6 is 0 Å². The first kappa shape index (κ1) is 16.5. The van der Waals surface area contributed by atoms with Gasteiger partial charge in [0.25, 0.3) is 5.91 Å². The lowest BCUT2D eigenvalue weighted by Crippen LogP contribution is -2.48. The molecule has 1 aromatic rings. The molecule has 1 aliphatic rings. The summed E-state index contributed by atoms with van der Waals surface area (Å²) in [6, 6.07) is -0.505. The number of hydrogen-bond acceptors (Lipinski definition) is 3. The summed E-state index contributed by atoms with van der Waals surface area (Å²) in [5.41, 5.74) is 2.13. The van der Waals surface area contributed by atoms with Gasteiger partial charge in [0.1, 0.15) is 6.04 Å². The number of amides is 2. The molecule has 1 fully saturated rings. The van der Waals surface area contributed by atoms with E-state index in [0.29, 0.717) is 11.3 Å². The Morgan fingerprint density at radius 1 is 1.23 bits per heavy atom. The third kappa shape index (κ3) is 3.31. The van der Waals surface area contributed by atoms with Crippen LogP contribution in [0.25, 0.3) is 0 Å². The largest absolute Gasteiger partial charge is 0.341 e. The average Bonchev–Trinajstić information content (AvgIpc) is 2.81. The van der Waals surface area contributed by atoms with E-state index >= 15 is 0 Å². The van der Waals surface area contributed by atoms with Crippen LogP contribution in [0.2, 0.25) is 0 Å². The highest BCUT2D eigenvalue weighted by atomic mass is 16.2. The van der Waals surface area contributed by atoms with Gasteiger partial charge in [-0.1, -0.05) is 0 Å². The van der Waals surface area contributed by atoms with Crippen molar-refractivity contribution < 1.29 is 9.59 Å². The minimum absolute atomic E-state index is 0.00578. The molecule has 1 aliphatic heterocycles. The van der Waals surface area contributed by atoms with Crippen molar-refractivity contribution in [3.8, 4) is 0 Å². The zero-order valence-electron chi connectivity index (χ0n) is 14.0. The molecule has 1 unspecified atom stereocenters. The average molecular weight is 306 g/mol. The molecule has 0 bridgehead atoms. The molecule has 122 valence electrons. The topological polar surface area (TPSA) is 67.2 Å². The zero-order chi connectivity index (χ0) is 16.3. The molecule has 2 rings (SSSR count). The van der Waals surface area contributed by atoms with Gasteiger partial charge in [-0.05, 0) is 47.0 Å². The van der Waals surface area contributed by atoms with Crippen LogP contribution in [-0.2, 0) is 11.3 Å². The van der Waals surface area contributed by atoms with E-state index in [-0.39, 0.29) is 11.8 Å². The molecule has 0 saturated carbocycles. The molecule has 0 aliphatic carbocycles. The lowest BCUT2D eigenvalue weighted by molar-refractivity contribution is -0.133. The Morgan fingerprint density at radius 3 is 2.41 bits per heavy atom. The van der Waals surface area contributed by atoms with Crippen LogP contribution in [0.1, 0.15) is 54.9 Å². The molecule has 22 heavy (non-hydrogen) atoms. The number of carbonyl (C=O) groups is 2. The number of nitrogens with zero attached hydrogens (tertiary/aromatic N) is 3. The number of aryl methyl sites for hydroxylation is 2. The van der Waals surface area contributed by atoms with E-state index in [4.69, 9.17) is 0 Å². The molecule has 6 heteroatoms. The second-order valence-corrected chi connectivity index (χ2v) is 5.94. The lowest BCUT2D eigenvalue weighted by atomic mass is 10.1. The second-order valence-electron chi connectivity index (χ2n) is 5.94. The summed E-state index contributed by atoms with van der Waals surface area (Å²) in [6.45, 7) is 9.77. The normalized spacial score (nSPS) is 16.5. The summed E-state index contributed by atoms with van der Waals surface area (Å²) in [5, 5.41) is 7.18. The maximum atomic E-state index is 12.5. The third-order valence-corrected chi connectivity index (χ3v) is 4.29. The highest BCUT2D eigenvalue weighted by molar-refractivity contribution is 5.99. The third-order valence-electron chi connectivity index (χ3n) is 4.29. The molecule has 0 radical (unpaired) electrons. The van der Waals surface area contributed by atoms with Gasteiger partial charge in [-0.3, -0.25) is 14.3 Å². The minimum atomic E-state index is -0.505. The van der Waals surface area contributed by atoms with E-state index in [9.17, 15) is 9.59 Å². The SMILES string of the molecule is CCn1nc(C)c(C(=O)NC(C)C(=O)N2CCCCC2)c1C.